The SMILES string of the molecule is CN(C)C1CCN(Cc2ccc(N)cc2)C1. The zero-order chi connectivity index (χ0) is 11.5. The Morgan fingerprint density at radius 3 is 2.56 bits per heavy atom. The molecule has 88 valence electrons. The van der Waals surface area contributed by atoms with Crippen LogP contribution in [-0.4, -0.2) is 43.0 Å². The van der Waals surface area contributed by atoms with Gasteiger partial charge in [-0.05, 0) is 38.2 Å². The second-order valence-corrected chi connectivity index (χ2v) is 4.88. The predicted molar refractivity (Wildman–Crippen MR) is 68.2 cm³/mol. The van der Waals surface area contributed by atoms with Gasteiger partial charge in [0, 0.05) is 31.4 Å². The van der Waals surface area contributed by atoms with E-state index in [1.54, 1.807) is 0 Å². The molecule has 3 heteroatoms. The van der Waals surface area contributed by atoms with Crippen LogP contribution in [0.1, 0.15) is 12.0 Å². The number of rotatable bonds is 3. The van der Waals surface area contributed by atoms with Gasteiger partial charge >= 0.3 is 0 Å². The van der Waals surface area contributed by atoms with Crippen LogP contribution in [0.25, 0.3) is 0 Å². The second kappa shape index (κ2) is 4.85. The Bertz CT molecular complexity index is 332. The van der Waals surface area contributed by atoms with E-state index in [4.69, 9.17) is 5.73 Å². The van der Waals surface area contributed by atoms with Crippen molar-refractivity contribution in [2.75, 3.05) is 32.9 Å². The standard InChI is InChI=1S/C13H21N3/c1-15(2)13-7-8-16(10-13)9-11-3-5-12(14)6-4-11/h3-6,13H,7-10,14H2,1-2H3. The van der Waals surface area contributed by atoms with E-state index in [1.165, 1.54) is 25.1 Å². The van der Waals surface area contributed by atoms with Crippen LogP contribution in [0, 0.1) is 0 Å². The number of hydrogen-bond acceptors (Lipinski definition) is 3. The van der Waals surface area contributed by atoms with Gasteiger partial charge in [0.15, 0.2) is 0 Å². The van der Waals surface area contributed by atoms with Crippen molar-refractivity contribution in [3.63, 3.8) is 0 Å². The van der Waals surface area contributed by atoms with Gasteiger partial charge in [0.1, 0.15) is 0 Å². The lowest BCUT2D eigenvalue weighted by molar-refractivity contribution is 0.264. The molecule has 1 fully saturated rings. The van der Waals surface area contributed by atoms with Crippen LogP contribution in [0.2, 0.25) is 0 Å². The molecule has 0 saturated carbocycles. The van der Waals surface area contributed by atoms with Gasteiger partial charge in [-0.15, -0.1) is 0 Å². The van der Waals surface area contributed by atoms with Crippen molar-refractivity contribution in [1.82, 2.24) is 9.80 Å². The average molecular weight is 219 g/mol. The summed E-state index contributed by atoms with van der Waals surface area (Å²) in [7, 11) is 4.33. The molecule has 0 spiro atoms. The normalized spacial score (nSPS) is 21.8. The van der Waals surface area contributed by atoms with Gasteiger partial charge in [-0.3, -0.25) is 4.90 Å². The van der Waals surface area contributed by atoms with E-state index in [0.717, 1.165) is 12.2 Å². The summed E-state index contributed by atoms with van der Waals surface area (Å²) in [5, 5.41) is 0. The summed E-state index contributed by atoms with van der Waals surface area (Å²) in [6.07, 6.45) is 1.28. The molecule has 2 N–H and O–H groups in total. The molecule has 0 aliphatic carbocycles. The first-order valence-electron chi connectivity index (χ1n) is 5.88. The maximum Gasteiger partial charge on any atom is 0.0314 e. The summed E-state index contributed by atoms with van der Waals surface area (Å²) >= 11 is 0. The first kappa shape index (κ1) is 11.4. The highest BCUT2D eigenvalue weighted by molar-refractivity contribution is 5.39. The van der Waals surface area contributed by atoms with Crippen molar-refractivity contribution in [1.29, 1.82) is 0 Å². The number of nitrogens with two attached hydrogens (primary N) is 1. The summed E-state index contributed by atoms with van der Waals surface area (Å²) in [5.74, 6) is 0. The minimum Gasteiger partial charge on any atom is -0.399 e. The number of nitrogens with zero attached hydrogens (tertiary/aromatic N) is 2. The van der Waals surface area contributed by atoms with Crippen molar-refractivity contribution in [2.45, 2.75) is 19.0 Å². The van der Waals surface area contributed by atoms with E-state index in [-0.39, 0.29) is 0 Å². The molecule has 1 aliphatic heterocycles. The topological polar surface area (TPSA) is 32.5 Å². The second-order valence-electron chi connectivity index (χ2n) is 4.88. The molecule has 0 bridgehead atoms. The molecule has 1 aliphatic rings. The van der Waals surface area contributed by atoms with Gasteiger partial charge in [-0.25, -0.2) is 0 Å². The Morgan fingerprint density at radius 2 is 2.00 bits per heavy atom. The minimum absolute atomic E-state index is 0.716. The number of benzene rings is 1. The molecular formula is C13H21N3. The van der Waals surface area contributed by atoms with Crippen molar-refractivity contribution in [3.8, 4) is 0 Å². The third kappa shape index (κ3) is 2.74. The smallest absolute Gasteiger partial charge is 0.0314 e. The summed E-state index contributed by atoms with van der Waals surface area (Å²) in [6, 6.07) is 8.93. The van der Waals surface area contributed by atoms with Crippen molar-refractivity contribution in [3.05, 3.63) is 29.8 Å². The quantitative estimate of drug-likeness (QED) is 0.780. The van der Waals surface area contributed by atoms with Crippen LogP contribution in [0.15, 0.2) is 24.3 Å². The molecule has 2 rings (SSSR count). The van der Waals surface area contributed by atoms with E-state index in [1.807, 2.05) is 12.1 Å². The maximum atomic E-state index is 5.68. The minimum atomic E-state index is 0.716. The first-order valence-corrected chi connectivity index (χ1v) is 5.88. The first-order chi connectivity index (χ1) is 7.65. The highest BCUT2D eigenvalue weighted by Crippen LogP contribution is 2.16. The average Bonchev–Trinajstić information content (AvgIpc) is 2.70. The molecule has 1 aromatic rings. The summed E-state index contributed by atoms with van der Waals surface area (Å²) in [4.78, 5) is 4.83. The van der Waals surface area contributed by atoms with Crippen LogP contribution in [-0.2, 0) is 6.54 Å². The maximum absolute atomic E-state index is 5.68. The number of anilines is 1. The molecule has 0 radical (unpaired) electrons. The monoisotopic (exact) mass is 219 g/mol. The third-order valence-corrected chi connectivity index (χ3v) is 3.36. The fourth-order valence-corrected chi connectivity index (χ4v) is 2.26. The number of hydrogen-bond donors (Lipinski definition) is 1. The highest BCUT2D eigenvalue weighted by atomic mass is 15.2. The lowest BCUT2D eigenvalue weighted by atomic mass is 10.2. The van der Waals surface area contributed by atoms with Gasteiger partial charge in [0.05, 0.1) is 0 Å². The Labute approximate surface area is 97.8 Å². The van der Waals surface area contributed by atoms with Crippen LogP contribution in [0.5, 0.6) is 0 Å². The zero-order valence-corrected chi connectivity index (χ0v) is 10.2. The lowest BCUT2D eigenvalue weighted by Crippen LogP contribution is -2.31. The van der Waals surface area contributed by atoms with E-state index >= 15 is 0 Å². The van der Waals surface area contributed by atoms with Crippen molar-refractivity contribution >= 4 is 5.69 Å². The fraction of sp³-hybridized carbons (Fsp3) is 0.538. The van der Waals surface area contributed by atoms with E-state index in [2.05, 4.69) is 36.0 Å². The third-order valence-electron chi connectivity index (χ3n) is 3.36. The zero-order valence-electron chi connectivity index (χ0n) is 10.2. The molecule has 0 amide bonds. The molecule has 16 heavy (non-hydrogen) atoms. The van der Waals surface area contributed by atoms with Gasteiger partial charge in [0.2, 0.25) is 0 Å². The van der Waals surface area contributed by atoms with Crippen LogP contribution in [0.3, 0.4) is 0 Å². The largest absolute Gasteiger partial charge is 0.399 e. The number of likely N-dealkylation sites (tertiary alicyclic amines) is 1. The van der Waals surface area contributed by atoms with Crippen molar-refractivity contribution < 1.29 is 0 Å². The molecule has 0 aromatic heterocycles. The summed E-state index contributed by atoms with van der Waals surface area (Å²) in [5.41, 5.74) is 7.88. The van der Waals surface area contributed by atoms with Gasteiger partial charge in [-0.2, -0.15) is 0 Å². The Kier molecular flexibility index (Phi) is 3.46. The molecule has 1 atom stereocenters. The van der Waals surface area contributed by atoms with E-state index in [9.17, 15) is 0 Å². The van der Waals surface area contributed by atoms with Crippen molar-refractivity contribution in [2.24, 2.45) is 0 Å². The van der Waals surface area contributed by atoms with Crippen LogP contribution < -0.4 is 5.73 Å². The number of nitrogen functional groups attached to an aromatic ring is 1. The lowest BCUT2D eigenvalue weighted by Gasteiger charge is -2.20. The summed E-state index contributed by atoms with van der Waals surface area (Å²) in [6.45, 7) is 3.43. The Hall–Kier alpha value is -1.06. The fourth-order valence-electron chi connectivity index (χ4n) is 2.26. The predicted octanol–water partition coefficient (Wildman–Crippen LogP) is 1.40. The van der Waals surface area contributed by atoms with Gasteiger partial charge in [0.25, 0.3) is 0 Å². The number of likely N-dealkylation sites (N-methyl/N-ethyl adjacent to an activating group) is 1. The molecule has 1 saturated heterocycles. The molecular weight excluding hydrogens is 198 g/mol. The van der Waals surface area contributed by atoms with Crippen LogP contribution >= 0.6 is 0 Å². The van der Waals surface area contributed by atoms with Gasteiger partial charge < -0.3 is 10.6 Å². The molecule has 1 aromatic carbocycles. The highest BCUT2D eigenvalue weighted by Gasteiger charge is 2.23. The molecule has 1 unspecified atom stereocenters. The Balaban J connectivity index is 1.89. The van der Waals surface area contributed by atoms with E-state index < -0.39 is 0 Å². The molecule has 3 nitrogen and oxygen atoms in total. The summed E-state index contributed by atoms with van der Waals surface area (Å²) < 4.78 is 0. The Morgan fingerprint density at radius 1 is 1.31 bits per heavy atom. The molecule has 1 heterocycles. The van der Waals surface area contributed by atoms with Crippen LogP contribution in [0.4, 0.5) is 5.69 Å². The van der Waals surface area contributed by atoms with Gasteiger partial charge in [-0.1, -0.05) is 12.1 Å². The van der Waals surface area contributed by atoms with E-state index in [0.29, 0.717) is 6.04 Å².